The standard InChI is InChI=1S/C12H11N3O/c13-7-9-3-4-15-10(6-9)8-14-12(15)11-2-1-5-16-11/h1-6,8H,7,13H2. The molecule has 4 nitrogen and oxygen atoms in total. The summed E-state index contributed by atoms with van der Waals surface area (Å²) in [5.74, 6) is 1.57. The minimum absolute atomic E-state index is 0.539. The molecule has 0 aliphatic heterocycles. The van der Waals surface area contributed by atoms with E-state index in [9.17, 15) is 0 Å². The smallest absolute Gasteiger partial charge is 0.180 e. The third-order valence-corrected chi connectivity index (χ3v) is 2.57. The van der Waals surface area contributed by atoms with Gasteiger partial charge in [-0.2, -0.15) is 0 Å². The second-order valence-electron chi connectivity index (χ2n) is 3.59. The predicted molar refractivity (Wildman–Crippen MR) is 60.8 cm³/mol. The number of aromatic nitrogens is 2. The van der Waals surface area contributed by atoms with Crippen LogP contribution in [0.4, 0.5) is 0 Å². The van der Waals surface area contributed by atoms with Gasteiger partial charge < -0.3 is 10.2 Å². The van der Waals surface area contributed by atoms with Crippen LogP contribution in [0.15, 0.2) is 47.3 Å². The topological polar surface area (TPSA) is 56.5 Å². The van der Waals surface area contributed by atoms with Crippen molar-refractivity contribution in [3.63, 3.8) is 0 Å². The van der Waals surface area contributed by atoms with E-state index in [1.54, 1.807) is 6.26 Å². The molecule has 0 saturated heterocycles. The molecule has 0 atom stereocenters. The number of fused-ring (bicyclic) bond motifs is 1. The zero-order chi connectivity index (χ0) is 11.0. The summed E-state index contributed by atoms with van der Waals surface area (Å²) in [5.41, 5.74) is 7.71. The van der Waals surface area contributed by atoms with Gasteiger partial charge in [0.05, 0.1) is 18.0 Å². The van der Waals surface area contributed by atoms with Gasteiger partial charge in [-0.15, -0.1) is 0 Å². The minimum Gasteiger partial charge on any atom is -0.461 e. The van der Waals surface area contributed by atoms with Gasteiger partial charge in [0.15, 0.2) is 11.6 Å². The summed E-state index contributed by atoms with van der Waals surface area (Å²) < 4.78 is 7.32. The molecular weight excluding hydrogens is 202 g/mol. The SMILES string of the molecule is NCc1ccn2c(-c3ccco3)ncc2c1. The third kappa shape index (κ3) is 1.31. The third-order valence-electron chi connectivity index (χ3n) is 2.57. The van der Waals surface area contributed by atoms with Crippen LogP contribution in [0.1, 0.15) is 5.56 Å². The van der Waals surface area contributed by atoms with E-state index in [1.807, 2.05) is 41.1 Å². The van der Waals surface area contributed by atoms with Crippen LogP contribution in [0, 0.1) is 0 Å². The Morgan fingerprint density at radius 3 is 3.06 bits per heavy atom. The number of pyridine rings is 1. The first kappa shape index (κ1) is 9.18. The van der Waals surface area contributed by atoms with E-state index in [4.69, 9.17) is 10.2 Å². The molecule has 2 N–H and O–H groups in total. The van der Waals surface area contributed by atoms with Crippen molar-refractivity contribution in [1.29, 1.82) is 0 Å². The van der Waals surface area contributed by atoms with E-state index in [-0.39, 0.29) is 0 Å². The zero-order valence-electron chi connectivity index (χ0n) is 8.63. The Kier molecular flexibility index (Phi) is 2.01. The molecule has 16 heavy (non-hydrogen) atoms. The molecule has 0 spiro atoms. The molecule has 0 aliphatic rings. The molecule has 3 rings (SSSR count). The highest BCUT2D eigenvalue weighted by molar-refractivity contribution is 5.58. The quantitative estimate of drug-likeness (QED) is 0.708. The summed E-state index contributed by atoms with van der Waals surface area (Å²) in [6.07, 6.45) is 5.42. The maximum absolute atomic E-state index is 5.59. The second-order valence-corrected chi connectivity index (χ2v) is 3.59. The Morgan fingerprint density at radius 1 is 1.38 bits per heavy atom. The van der Waals surface area contributed by atoms with Gasteiger partial charge in [-0.3, -0.25) is 4.40 Å². The van der Waals surface area contributed by atoms with Crippen LogP contribution in [0.2, 0.25) is 0 Å². The minimum atomic E-state index is 0.539. The summed E-state index contributed by atoms with van der Waals surface area (Å²) in [4.78, 5) is 4.34. The van der Waals surface area contributed by atoms with Gasteiger partial charge in [-0.05, 0) is 29.8 Å². The summed E-state index contributed by atoms with van der Waals surface area (Å²) in [6, 6.07) is 7.76. The Morgan fingerprint density at radius 2 is 2.31 bits per heavy atom. The molecule has 3 aromatic heterocycles. The Balaban J connectivity index is 2.21. The van der Waals surface area contributed by atoms with E-state index < -0.39 is 0 Å². The van der Waals surface area contributed by atoms with E-state index >= 15 is 0 Å². The molecule has 0 radical (unpaired) electrons. The Hall–Kier alpha value is -2.07. The summed E-state index contributed by atoms with van der Waals surface area (Å²) in [7, 11) is 0. The number of nitrogens with two attached hydrogens (primary N) is 1. The summed E-state index contributed by atoms with van der Waals surface area (Å²) in [6.45, 7) is 0.539. The normalized spacial score (nSPS) is 11.1. The van der Waals surface area contributed by atoms with Crippen molar-refractivity contribution in [3.05, 3.63) is 48.5 Å². The van der Waals surface area contributed by atoms with Crippen LogP contribution < -0.4 is 5.73 Å². The molecule has 0 bridgehead atoms. The van der Waals surface area contributed by atoms with Gasteiger partial charge in [0.1, 0.15) is 0 Å². The molecule has 3 heterocycles. The fraction of sp³-hybridized carbons (Fsp3) is 0.0833. The largest absolute Gasteiger partial charge is 0.461 e. The van der Waals surface area contributed by atoms with Crippen LogP contribution in [0.5, 0.6) is 0 Å². The van der Waals surface area contributed by atoms with Crippen molar-refractivity contribution >= 4 is 5.52 Å². The average molecular weight is 213 g/mol. The summed E-state index contributed by atoms with van der Waals surface area (Å²) >= 11 is 0. The molecule has 3 aromatic rings. The molecule has 0 fully saturated rings. The van der Waals surface area contributed by atoms with Crippen molar-refractivity contribution in [2.24, 2.45) is 5.73 Å². The molecule has 80 valence electrons. The fourth-order valence-corrected chi connectivity index (χ4v) is 1.76. The maximum Gasteiger partial charge on any atom is 0.180 e. The Bertz CT molecular complexity index is 610. The highest BCUT2D eigenvalue weighted by Crippen LogP contribution is 2.20. The van der Waals surface area contributed by atoms with Gasteiger partial charge in [0, 0.05) is 12.7 Å². The first-order valence-corrected chi connectivity index (χ1v) is 5.08. The fourth-order valence-electron chi connectivity index (χ4n) is 1.76. The lowest BCUT2D eigenvalue weighted by molar-refractivity contribution is 0.577. The number of rotatable bonds is 2. The van der Waals surface area contributed by atoms with Crippen molar-refractivity contribution in [3.8, 4) is 11.6 Å². The number of hydrogen-bond acceptors (Lipinski definition) is 3. The molecular formula is C12H11N3O. The van der Waals surface area contributed by atoms with Gasteiger partial charge >= 0.3 is 0 Å². The van der Waals surface area contributed by atoms with E-state index in [0.29, 0.717) is 6.54 Å². The van der Waals surface area contributed by atoms with Crippen LogP contribution in [0.25, 0.3) is 17.1 Å². The van der Waals surface area contributed by atoms with E-state index in [2.05, 4.69) is 4.98 Å². The monoisotopic (exact) mass is 213 g/mol. The highest BCUT2D eigenvalue weighted by atomic mass is 16.3. The number of furan rings is 1. The predicted octanol–water partition coefficient (Wildman–Crippen LogP) is 2.05. The highest BCUT2D eigenvalue weighted by Gasteiger charge is 2.08. The van der Waals surface area contributed by atoms with Crippen molar-refractivity contribution in [2.75, 3.05) is 0 Å². The lowest BCUT2D eigenvalue weighted by atomic mass is 10.2. The maximum atomic E-state index is 5.59. The van der Waals surface area contributed by atoms with E-state index in [1.165, 1.54) is 0 Å². The lowest BCUT2D eigenvalue weighted by Crippen LogP contribution is -1.97. The molecule has 0 saturated carbocycles. The van der Waals surface area contributed by atoms with Gasteiger partial charge in [0.2, 0.25) is 0 Å². The number of hydrogen-bond donors (Lipinski definition) is 1. The van der Waals surface area contributed by atoms with Crippen LogP contribution in [0.3, 0.4) is 0 Å². The molecule has 0 aliphatic carbocycles. The molecule has 4 heteroatoms. The average Bonchev–Trinajstić information content (AvgIpc) is 2.96. The van der Waals surface area contributed by atoms with Crippen LogP contribution >= 0.6 is 0 Å². The molecule has 0 unspecified atom stereocenters. The number of nitrogens with zero attached hydrogens (tertiary/aromatic N) is 2. The first-order valence-electron chi connectivity index (χ1n) is 5.08. The van der Waals surface area contributed by atoms with Crippen molar-refractivity contribution in [1.82, 2.24) is 9.38 Å². The van der Waals surface area contributed by atoms with Gasteiger partial charge in [-0.25, -0.2) is 4.98 Å². The summed E-state index contributed by atoms with van der Waals surface area (Å²) in [5, 5.41) is 0. The van der Waals surface area contributed by atoms with Crippen LogP contribution in [-0.4, -0.2) is 9.38 Å². The second kappa shape index (κ2) is 3.50. The van der Waals surface area contributed by atoms with E-state index in [0.717, 1.165) is 22.7 Å². The van der Waals surface area contributed by atoms with Crippen molar-refractivity contribution in [2.45, 2.75) is 6.54 Å². The first-order chi connectivity index (χ1) is 7.88. The van der Waals surface area contributed by atoms with Crippen molar-refractivity contribution < 1.29 is 4.42 Å². The molecule has 0 aromatic carbocycles. The van der Waals surface area contributed by atoms with Gasteiger partial charge in [0.25, 0.3) is 0 Å². The lowest BCUT2D eigenvalue weighted by Gasteiger charge is -2.00. The zero-order valence-corrected chi connectivity index (χ0v) is 8.63. The van der Waals surface area contributed by atoms with Crippen LogP contribution in [-0.2, 0) is 6.54 Å². The Labute approximate surface area is 92.3 Å². The van der Waals surface area contributed by atoms with Gasteiger partial charge in [-0.1, -0.05) is 0 Å². The molecule has 0 amide bonds. The number of imidazole rings is 1.